The highest BCUT2D eigenvalue weighted by atomic mass is 16.5. The predicted octanol–water partition coefficient (Wildman–Crippen LogP) is 1.41. The number of fused-ring (bicyclic) bond motifs is 1. The smallest absolute Gasteiger partial charge is 0.323 e. The van der Waals surface area contributed by atoms with Gasteiger partial charge in [-0.2, -0.15) is 0 Å². The number of rotatable bonds is 4. The Morgan fingerprint density at radius 2 is 1.87 bits per heavy atom. The molecule has 3 aliphatic heterocycles. The molecule has 198 valence electrons. The minimum atomic E-state index is -1.36. The maximum Gasteiger partial charge on any atom is 0.323 e. The van der Waals surface area contributed by atoms with Crippen LogP contribution >= 0.6 is 0 Å². The van der Waals surface area contributed by atoms with Crippen LogP contribution in [-0.2, 0) is 17.9 Å². The molecule has 3 heterocycles. The van der Waals surface area contributed by atoms with Crippen molar-refractivity contribution < 1.29 is 19.5 Å². The number of carbonyl (C=O) groups is 2. The second-order valence-corrected chi connectivity index (χ2v) is 9.99. The van der Waals surface area contributed by atoms with Gasteiger partial charge >= 0.3 is 6.03 Å². The topological polar surface area (TPSA) is 110 Å². The lowest BCUT2D eigenvalue weighted by molar-refractivity contribution is -0.122. The zero-order valence-electron chi connectivity index (χ0n) is 21.7. The van der Waals surface area contributed by atoms with E-state index in [0.717, 1.165) is 55.0 Å². The number of hydrogen-bond donors (Lipinski definition) is 3. The fourth-order valence-corrected chi connectivity index (χ4v) is 5.19. The molecule has 2 saturated heterocycles. The average molecular weight is 517 g/mol. The largest absolute Gasteiger partial charge is 0.497 e. The summed E-state index contributed by atoms with van der Waals surface area (Å²) in [5, 5.41) is 18.4. The molecule has 2 aromatic rings. The highest BCUT2D eigenvalue weighted by Crippen LogP contribution is 2.28. The van der Waals surface area contributed by atoms with Gasteiger partial charge in [0.25, 0.3) is 5.91 Å². The third-order valence-electron chi connectivity index (χ3n) is 7.28. The molecule has 3 aliphatic rings. The number of carbonyl (C=O) groups excluding carboxylic acids is 2. The fraction of sp³-hybridized carbons (Fsp3) is 0.393. The van der Waals surface area contributed by atoms with Crippen molar-refractivity contribution in [1.29, 1.82) is 0 Å². The van der Waals surface area contributed by atoms with Crippen LogP contribution in [0.5, 0.6) is 5.75 Å². The number of ether oxygens (including phenoxy) is 1. The third kappa shape index (κ3) is 5.30. The summed E-state index contributed by atoms with van der Waals surface area (Å²) >= 11 is 0. The number of nitrogens with one attached hydrogen (secondary N) is 2. The number of hydrogen-bond acceptors (Lipinski definition) is 7. The standard InChI is InChI=1S/C28H32N6O4/c1-32-12-3-13-34(15-14-32)25(31-37)21-6-4-20(5-7-21)10-11-28(26(35)29-27(36)30-28)19-33-17-22-8-9-24(38-2)16-23(22)18-33/h4-9,16,37H,3,12-15,17-19H2,1-2H3,(H2,29,30,35,36)/b31-25-/t28-/m1/s1. The summed E-state index contributed by atoms with van der Waals surface area (Å²) in [6.45, 7) is 5.02. The summed E-state index contributed by atoms with van der Waals surface area (Å²) in [6.07, 6.45) is 0.991. The predicted molar refractivity (Wildman–Crippen MR) is 142 cm³/mol. The first kappa shape index (κ1) is 25.6. The molecular weight excluding hydrogens is 484 g/mol. The quantitative estimate of drug-likeness (QED) is 0.141. The fourth-order valence-electron chi connectivity index (χ4n) is 5.19. The molecule has 3 amide bonds. The van der Waals surface area contributed by atoms with Gasteiger partial charge in [0, 0.05) is 50.4 Å². The lowest BCUT2D eigenvalue weighted by Crippen LogP contribution is -2.53. The molecule has 0 spiro atoms. The third-order valence-corrected chi connectivity index (χ3v) is 7.28. The number of oxime groups is 1. The average Bonchev–Trinajstić information content (AvgIpc) is 3.35. The Balaban J connectivity index is 1.33. The first-order valence-electron chi connectivity index (χ1n) is 12.7. The summed E-state index contributed by atoms with van der Waals surface area (Å²) in [6, 6.07) is 12.8. The Morgan fingerprint density at radius 3 is 2.58 bits per heavy atom. The highest BCUT2D eigenvalue weighted by molar-refractivity contribution is 6.09. The van der Waals surface area contributed by atoms with E-state index in [1.807, 2.05) is 42.5 Å². The molecular formula is C28H32N6O4. The van der Waals surface area contributed by atoms with Crippen LogP contribution in [-0.4, -0.2) is 90.1 Å². The molecule has 2 aromatic carbocycles. The van der Waals surface area contributed by atoms with E-state index in [1.165, 1.54) is 0 Å². The van der Waals surface area contributed by atoms with Crippen molar-refractivity contribution in [3.8, 4) is 17.6 Å². The summed E-state index contributed by atoms with van der Waals surface area (Å²) in [4.78, 5) is 31.5. The first-order chi connectivity index (χ1) is 18.4. The van der Waals surface area contributed by atoms with Crippen LogP contribution in [0, 0.1) is 11.8 Å². The van der Waals surface area contributed by atoms with Gasteiger partial charge in [0.2, 0.25) is 0 Å². The van der Waals surface area contributed by atoms with Gasteiger partial charge in [0.15, 0.2) is 11.4 Å². The van der Waals surface area contributed by atoms with Gasteiger partial charge in [0.1, 0.15) is 5.75 Å². The maximum atomic E-state index is 12.9. The number of amides is 3. The minimum absolute atomic E-state index is 0.247. The van der Waals surface area contributed by atoms with Gasteiger partial charge in [-0.1, -0.05) is 23.1 Å². The van der Waals surface area contributed by atoms with Crippen molar-refractivity contribution in [2.75, 3.05) is 46.9 Å². The number of amidine groups is 1. The lowest BCUT2D eigenvalue weighted by atomic mass is 9.99. The minimum Gasteiger partial charge on any atom is -0.497 e. The van der Waals surface area contributed by atoms with E-state index in [-0.39, 0.29) is 6.54 Å². The van der Waals surface area contributed by atoms with E-state index in [2.05, 4.69) is 49.4 Å². The van der Waals surface area contributed by atoms with E-state index < -0.39 is 17.5 Å². The van der Waals surface area contributed by atoms with Crippen molar-refractivity contribution >= 4 is 17.8 Å². The number of likely N-dealkylation sites (N-methyl/N-ethyl adjacent to an activating group) is 1. The van der Waals surface area contributed by atoms with Crippen LogP contribution in [0.1, 0.15) is 28.7 Å². The van der Waals surface area contributed by atoms with E-state index in [0.29, 0.717) is 24.5 Å². The zero-order chi connectivity index (χ0) is 26.7. The van der Waals surface area contributed by atoms with Crippen molar-refractivity contribution in [2.24, 2.45) is 5.16 Å². The zero-order valence-corrected chi connectivity index (χ0v) is 21.7. The molecule has 0 aliphatic carbocycles. The van der Waals surface area contributed by atoms with Crippen LogP contribution < -0.4 is 15.4 Å². The van der Waals surface area contributed by atoms with Crippen LogP contribution in [0.3, 0.4) is 0 Å². The molecule has 0 unspecified atom stereocenters. The van der Waals surface area contributed by atoms with E-state index >= 15 is 0 Å². The van der Waals surface area contributed by atoms with E-state index in [4.69, 9.17) is 4.74 Å². The van der Waals surface area contributed by atoms with Crippen molar-refractivity contribution in [3.05, 3.63) is 64.7 Å². The molecule has 0 bridgehead atoms. The van der Waals surface area contributed by atoms with Crippen LogP contribution in [0.2, 0.25) is 0 Å². The molecule has 10 heteroatoms. The Hall–Kier alpha value is -4.07. The van der Waals surface area contributed by atoms with Crippen LogP contribution in [0.15, 0.2) is 47.6 Å². The van der Waals surface area contributed by atoms with Gasteiger partial charge in [-0.25, -0.2) is 4.79 Å². The van der Waals surface area contributed by atoms with Crippen molar-refractivity contribution in [3.63, 3.8) is 0 Å². The maximum absolute atomic E-state index is 12.9. The van der Waals surface area contributed by atoms with Gasteiger partial charge in [0.05, 0.1) is 7.11 Å². The number of nitrogens with zero attached hydrogens (tertiary/aromatic N) is 4. The van der Waals surface area contributed by atoms with Crippen molar-refractivity contribution in [1.82, 2.24) is 25.3 Å². The van der Waals surface area contributed by atoms with Crippen LogP contribution in [0.4, 0.5) is 4.79 Å². The number of benzene rings is 2. The van der Waals surface area contributed by atoms with Crippen LogP contribution in [0.25, 0.3) is 0 Å². The van der Waals surface area contributed by atoms with Crippen molar-refractivity contribution in [2.45, 2.75) is 25.0 Å². The Morgan fingerprint density at radius 1 is 1.08 bits per heavy atom. The molecule has 0 saturated carbocycles. The molecule has 38 heavy (non-hydrogen) atoms. The molecule has 3 N–H and O–H groups in total. The molecule has 2 fully saturated rings. The van der Waals surface area contributed by atoms with Gasteiger partial charge in [-0.15, -0.1) is 0 Å². The Bertz CT molecular complexity index is 1310. The lowest BCUT2D eigenvalue weighted by Gasteiger charge is -2.26. The summed E-state index contributed by atoms with van der Waals surface area (Å²) < 4.78 is 5.33. The monoisotopic (exact) mass is 516 g/mol. The Labute approximate surface area is 222 Å². The first-order valence-corrected chi connectivity index (χ1v) is 12.7. The normalized spacial score (nSPS) is 22.3. The Kier molecular flexibility index (Phi) is 7.22. The van der Waals surface area contributed by atoms with Gasteiger partial charge in [-0.3, -0.25) is 15.0 Å². The molecule has 10 nitrogen and oxygen atoms in total. The second kappa shape index (κ2) is 10.7. The van der Waals surface area contributed by atoms with Gasteiger partial charge < -0.3 is 25.1 Å². The molecule has 5 rings (SSSR count). The number of urea groups is 1. The molecule has 0 radical (unpaired) electrons. The second-order valence-electron chi connectivity index (χ2n) is 9.99. The SMILES string of the molecule is COc1ccc2c(c1)CN(C[C@@]1(C#Cc3ccc(/C(=N/O)N4CCCN(C)CC4)cc3)NC(=O)NC1=O)C2. The highest BCUT2D eigenvalue weighted by Gasteiger charge is 2.47. The summed E-state index contributed by atoms with van der Waals surface area (Å²) in [7, 11) is 3.72. The number of methoxy groups -OCH3 is 1. The summed E-state index contributed by atoms with van der Waals surface area (Å²) in [5.41, 5.74) is 2.40. The van der Waals surface area contributed by atoms with E-state index in [1.54, 1.807) is 7.11 Å². The summed E-state index contributed by atoms with van der Waals surface area (Å²) in [5.74, 6) is 6.99. The van der Waals surface area contributed by atoms with E-state index in [9.17, 15) is 14.8 Å². The number of imide groups is 1. The van der Waals surface area contributed by atoms with Gasteiger partial charge in [-0.05, 0) is 67.5 Å². The molecule has 0 aromatic heterocycles. The molecule has 1 atom stereocenters.